The van der Waals surface area contributed by atoms with E-state index >= 15 is 0 Å². The van der Waals surface area contributed by atoms with Crippen LogP contribution < -0.4 is 0 Å². The molecule has 0 saturated carbocycles. The van der Waals surface area contributed by atoms with Gasteiger partial charge in [-0.05, 0) is 65.2 Å². The number of phenolic OH excluding ortho intramolecular Hbond substituents is 2. The largest absolute Gasteiger partial charge is 0.508 e. The van der Waals surface area contributed by atoms with Crippen LogP contribution >= 0.6 is 0 Å². The number of benzene rings is 5. The van der Waals surface area contributed by atoms with Gasteiger partial charge in [0.15, 0.2) is 5.78 Å². The highest BCUT2D eigenvalue weighted by molar-refractivity contribution is 6.09. The molecule has 0 aromatic heterocycles. The zero-order valence-corrected chi connectivity index (χ0v) is 19.2. The van der Waals surface area contributed by atoms with E-state index < -0.39 is 0 Å². The van der Waals surface area contributed by atoms with Crippen LogP contribution in [0.15, 0.2) is 140 Å². The number of carbonyl (C=O) groups is 1. The van der Waals surface area contributed by atoms with E-state index in [-0.39, 0.29) is 17.3 Å². The Morgan fingerprint density at radius 3 is 1.00 bits per heavy atom. The van der Waals surface area contributed by atoms with Crippen molar-refractivity contribution in [2.75, 3.05) is 0 Å². The summed E-state index contributed by atoms with van der Waals surface area (Å²) in [4.78, 5) is 11.9. The Kier molecular flexibility index (Phi) is 7.72. The summed E-state index contributed by atoms with van der Waals surface area (Å²) in [5.41, 5.74) is 5.01. The number of phenols is 2. The van der Waals surface area contributed by atoms with Crippen molar-refractivity contribution in [1.82, 2.24) is 0 Å². The minimum absolute atomic E-state index is 0.127. The van der Waals surface area contributed by atoms with Crippen molar-refractivity contribution in [3.8, 4) is 11.5 Å². The average Bonchev–Trinajstić information content (AvgIpc) is 2.92. The molecule has 35 heavy (non-hydrogen) atoms. The summed E-state index contributed by atoms with van der Waals surface area (Å²) < 4.78 is 0. The van der Waals surface area contributed by atoms with Crippen LogP contribution in [-0.2, 0) is 0 Å². The Balaban J connectivity index is 0.000000168. The standard InChI is InChI=1S/C19H16.C13H10O3/c1-4-10-16(11-5-1)19(17-12-6-2-7-13-17)18-14-8-3-9-15-18;14-11-5-1-9(2-6-11)13(16)10-3-7-12(15)8-4-10/h1-15,19H;1-8,14-15H. The third-order valence-electron chi connectivity index (χ3n) is 5.66. The van der Waals surface area contributed by atoms with Gasteiger partial charge in [0.25, 0.3) is 0 Å². The van der Waals surface area contributed by atoms with Crippen LogP contribution in [0.1, 0.15) is 38.5 Å². The molecule has 0 aliphatic heterocycles. The molecule has 0 spiro atoms. The molecule has 0 saturated heterocycles. The topological polar surface area (TPSA) is 57.5 Å². The molecule has 5 aromatic rings. The van der Waals surface area contributed by atoms with Crippen molar-refractivity contribution >= 4 is 5.78 Å². The first-order valence-electron chi connectivity index (χ1n) is 11.4. The highest BCUT2D eigenvalue weighted by Crippen LogP contribution is 2.31. The molecule has 172 valence electrons. The highest BCUT2D eigenvalue weighted by Gasteiger charge is 2.15. The number of aromatic hydroxyl groups is 2. The molecule has 0 aliphatic rings. The van der Waals surface area contributed by atoms with E-state index in [0.29, 0.717) is 17.0 Å². The van der Waals surface area contributed by atoms with Crippen LogP contribution in [0.4, 0.5) is 0 Å². The molecule has 3 nitrogen and oxygen atoms in total. The van der Waals surface area contributed by atoms with Gasteiger partial charge >= 0.3 is 0 Å². The molecule has 5 rings (SSSR count). The van der Waals surface area contributed by atoms with Crippen molar-refractivity contribution in [3.63, 3.8) is 0 Å². The predicted octanol–water partition coefficient (Wildman–Crippen LogP) is 7.20. The van der Waals surface area contributed by atoms with E-state index in [0.717, 1.165) is 0 Å². The summed E-state index contributed by atoms with van der Waals surface area (Å²) in [5, 5.41) is 18.2. The molecule has 0 aliphatic carbocycles. The molecular weight excluding hydrogens is 432 g/mol. The fourth-order valence-electron chi connectivity index (χ4n) is 3.91. The van der Waals surface area contributed by atoms with Gasteiger partial charge in [-0.1, -0.05) is 91.0 Å². The fourth-order valence-corrected chi connectivity index (χ4v) is 3.91. The minimum atomic E-state index is -0.139. The summed E-state index contributed by atoms with van der Waals surface area (Å²) in [7, 11) is 0. The van der Waals surface area contributed by atoms with E-state index in [1.807, 2.05) is 0 Å². The van der Waals surface area contributed by atoms with Crippen molar-refractivity contribution < 1.29 is 15.0 Å². The third-order valence-corrected chi connectivity index (χ3v) is 5.66. The molecule has 3 heteroatoms. The van der Waals surface area contributed by atoms with E-state index in [2.05, 4.69) is 91.0 Å². The number of carbonyl (C=O) groups excluding carboxylic acids is 1. The van der Waals surface area contributed by atoms with E-state index in [1.165, 1.54) is 41.0 Å². The maximum Gasteiger partial charge on any atom is 0.193 e. The lowest BCUT2D eigenvalue weighted by Gasteiger charge is -2.18. The first kappa shape index (κ1) is 23.5. The third kappa shape index (κ3) is 6.24. The monoisotopic (exact) mass is 458 g/mol. The SMILES string of the molecule is O=C(c1ccc(O)cc1)c1ccc(O)cc1.c1ccc(C(c2ccccc2)c2ccccc2)cc1. The zero-order chi connectivity index (χ0) is 24.5. The smallest absolute Gasteiger partial charge is 0.193 e. The quantitative estimate of drug-likeness (QED) is 0.216. The van der Waals surface area contributed by atoms with Crippen LogP contribution in [0.25, 0.3) is 0 Å². The van der Waals surface area contributed by atoms with E-state index in [4.69, 9.17) is 10.2 Å². The maximum atomic E-state index is 11.9. The van der Waals surface area contributed by atoms with Crippen LogP contribution in [0.2, 0.25) is 0 Å². The van der Waals surface area contributed by atoms with Crippen molar-refractivity contribution in [3.05, 3.63) is 167 Å². The number of hydrogen-bond donors (Lipinski definition) is 2. The van der Waals surface area contributed by atoms with Gasteiger partial charge in [0, 0.05) is 17.0 Å². The summed E-state index contributed by atoms with van der Waals surface area (Å²) >= 11 is 0. The van der Waals surface area contributed by atoms with Crippen LogP contribution in [0, 0.1) is 0 Å². The van der Waals surface area contributed by atoms with Crippen LogP contribution in [0.5, 0.6) is 11.5 Å². The summed E-state index contributed by atoms with van der Waals surface area (Å²) in [6, 6.07) is 44.1. The lowest BCUT2D eigenvalue weighted by molar-refractivity contribution is 0.103. The molecule has 2 N–H and O–H groups in total. The lowest BCUT2D eigenvalue weighted by atomic mass is 9.85. The number of ketones is 1. The van der Waals surface area contributed by atoms with Gasteiger partial charge in [-0.2, -0.15) is 0 Å². The number of hydrogen-bond acceptors (Lipinski definition) is 3. The first-order chi connectivity index (χ1) is 17.1. The normalized spacial score (nSPS) is 10.3. The molecule has 0 bridgehead atoms. The van der Waals surface area contributed by atoms with Crippen molar-refractivity contribution in [2.45, 2.75) is 5.92 Å². The summed E-state index contributed by atoms with van der Waals surface area (Å²) in [5.74, 6) is 0.424. The Bertz CT molecular complexity index is 1190. The van der Waals surface area contributed by atoms with Gasteiger partial charge in [-0.25, -0.2) is 0 Å². The molecule has 0 fully saturated rings. The average molecular weight is 459 g/mol. The highest BCUT2D eigenvalue weighted by atomic mass is 16.3. The molecule has 0 atom stereocenters. The second-order valence-corrected chi connectivity index (χ2v) is 8.09. The molecule has 0 unspecified atom stereocenters. The second kappa shape index (κ2) is 11.5. The predicted molar refractivity (Wildman–Crippen MR) is 140 cm³/mol. The summed E-state index contributed by atoms with van der Waals surface area (Å²) in [6.45, 7) is 0. The molecule has 5 aromatic carbocycles. The van der Waals surface area contributed by atoms with Gasteiger partial charge in [0.05, 0.1) is 0 Å². The minimum Gasteiger partial charge on any atom is -0.508 e. The Hall–Kier alpha value is -4.63. The maximum absolute atomic E-state index is 11.9. The van der Waals surface area contributed by atoms with Gasteiger partial charge in [-0.3, -0.25) is 4.79 Å². The van der Waals surface area contributed by atoms with Gasteiger partial charge in [-0.15, -0.1) is 0 Å². The van der Waals surface area contributed by atoms with E-state index in [9.17, 15) is 4.79 Å². The Morgan fingerprint density at radius 1 is 0.429 bits per heavy atom. The molecule has 0 radical (unpaired) electrons. The van der Waals surface area contributed by atoms with Gasteiger partial charge < -0.3 is 10.2 Å². The van der Waals surface area contributed by atoms with Crippen molar-refractivity contribution in [1.29, 1.82) is 0 Å². The summed E-state index contributed by atoms with van der Waals surface area (Å²) in [6.07, 6.45) is 0. The molecule has 0 heterocycles. The Morgan fingerprint density at radius 2 is 0.714 bits per heavy atom. The van der Waals surface area contributed by atoms with E-state index in [1.54, 1.807) is 24.3 Å². The van der Waals surface area contributed by atoms with Crippen LogP contribution in [0.3, 0.4) is 0 Å². The van der Waals surface area contributed by atoms with Crippen molar-refractivity contribution in [2.24, 2.45) is 0 Å². The Labute approximate surface area is 205 Å². The zero-order valence-electron chi connectivity index (χ0n) is 19.2. The second-order valence-electron chi connectivity index (χ2n) is 8.09. The van der Waals surface area contributed by atoms with Gasteiger partial charge in [0.2, 0.25) is 0 Å². The number of rotatable bonds is 5. The van der Waals surface area contributed by atoms with Crippen LogP contribution in [-0.4, -0.2) is 16.0 Å². The lowest BCUT2D eigenvalue weighted by Crippen LogP contribution is -2.02. The molecular formula is C32H26O3. The first-order valence-corrected chi connectivity index (χ1v) is 11.4. The van der Waals surface area contributed by atoms with Gasteiger partial charge in [0.1, 0.15) is 11.5 Å². The fraction of sp³-hybridized carbons (Fsp3) is 0.0312. The molecule has 0 amide bonds.